The van der Waals surface area contributed by atoms with Crippen LogP contribution < -0.4 is 5.32 Å². The van der Waals surface area contributed by atoms with Gasteiger partial charge in [0.1, 0.15) is 11.6 Å². The van der Waals surface area contributed by atoms with Gasteiger partial charge in [-0.1, -0.05) is 6.07 Å². The standard InChI is InChI=1S/C15H22F2N2O/c1-12(14-4-3-13(16)11-15(14)17)18-5-2-6-19-7-9-20-10-8-19/h3-4,11-12,18H,2,5-10H2,1H3. The summed E-state index contributed by atoms with van der Waals surface area (Å²) in [5.74, 6) is -1.02. The third-order valence-electron chi connectivity index (χ3n) is 3.63. The van der Waals surface area contributed by atoms with Crippen molar-refractivity contribution in [3.05, 3.63) is 35.4 Å². The number of rotatable bonds is 6. The van der Waals surface area contributed by atoms with E-state index in [0.29, 0.717) is 5.56 Å². The molecule has 1 atom stereocenters. The van der Waals surface area contributed by atoms with Gasteiger partial charge in [0, 0.05) is 30.8 Å². The first-order valence-corrected chi connectivity index (χ1v) is 7.15. The van der Waals surface area contributed by atoms with Crippen LogP contribution >= 0.6 is 0 Å². The van der Waals surface area contributed by atoms with Gasteiger partial charge in [0.25, 0.3) is 0 Å². The van der Waals surface area contributed by atoms with Gasteiger partial charge in [0.05, 0.1) is 13.2 Å². The molecule has 0 aliphatic carbocycles. The maximum Gasteiger partial charge on any atom is 0.130 e. The molecule has 0 amide bonds. The lowest BCUT2D eigenvalue weighted by atomic mass is 10.1. The van der Waals surface area contributed by atoms with Crippen molar-refractivity contribution < 1.29 is 13.5 Å². The lowest BCUT2D eigenvalue weighted by molar-refractivity contribution is 0.0374. The number of hydrogen-bond donors (Lipinski definition) is 1. The monoisotopic (exact) mass is 284 g/mol. The molecular weight excluding hydrogens is 262 g/mol. The zero-order valence-corrected chi connectivity index (χ0v) is 11.9. The zero-order chi connectivity index (χ0) is 14.4. The van der Waals surface area contributed by atoms with Crippen LogP contribution in [0, 0.1) is 11.6 Å². The van der Waals surface area contributed by atoms with Gasteiger partial charge in [-0.05, 0) is 32.5 Å². The highest BCUT2D eigenvalue weighted by atomic mass is 19.1. The average molecular weight is 284 g/mol. The Morgan fingerprint density at radius 2 is 2.05 bits per heavy atom. The minimum absolute atomic E-state index is 0.111. The molecule has 3 nitrogen and oxygen atoms in total. The predicted octanol–water partition coefficient (Wildman–Crippen LogP) is 2.34. The number of nitrogens with zero attached hydrogens (tertiary/aromatic N) is 1. The fourth-order valence-electron chi connectivity index (χ4n) is 2.41. The Labute approximate surface area is 118 Å². The van der Waals surface area contributed by atoms with Gasteiger partial charge in [0.15, 0.2) is 0 Å². The first-order valence-electron chi connectivity index (χ1n) is 7.15. The van der Waals surface area contributed by atoms with Gasteiger partial charge in [-0.15, -0.1) is 0 Å². The number of halogens is 2. The Morgan fingerprint density at radius 1 is 1.30 bits per heavy atom. The summed E-state index contributed by atoms with van der Waals surface area (Å²) in [5.41, 5.74) is 0.512. The minimum Gasteiger partial charge on any atom is -0.379 e. The molecule has 1 fully saturated rings. The van der Waals surface area contributed by atoms with Gasteiger partial charge < -0.3 is 10.1 Å². The molecule has 1 aliphatic heterocycles. The first-order chi connectivity index (χ1) is 9.66. The highest BCUT2D eigenvalue weighted by molar-refractivity contribution is 5.21. The molecule has 2 rings (SSSR count). The van der Waals surface area contributed by atoms with Crippen LogP contribution in [0.15, 0.2) is 18.2 Å². The lowest BCUT2D eigenvalue weighted by Gasteiger charge is -2.26. The molecule has 1 aromatic rings. The second-order valence-corrected chi connectivity index (χ2v) is 5.15. The molecule has 1 N–H and O–H groups in total. The summed E-state index contributed by atoms with van der Waals surface area (Å²) in [7, 11) is 0. The quantitative estimate of drug-likeness (QED) is 0.812. The number of hydrogen-bond acceptors (Lipinski definition) is 3. The van der Waals surface area contributed by atoms with Crippen LogP contribution in [-0.2, 0) is 4.74 Å². The molecule has 20 heavy (non-hydrogen) atoms. The van der Waals surface area contributed by atoms with E-state index in [1.165, 1.54) is 12.1 Å². The summed E-state index contributed by atoms with van der Waals surface area (Å²) in [6.45, 7) is 7.33. The fraction of sp³-hybridized carbons (Fsp3) is 0.600. The summed E-state index contributed by atoms with van der Waals surface area (Å²) >= 11 is 0. The van der Waals surface area contributed by atoms with E-state index in [2.05, 4.69) is 10.2 Å². The second-order valence-electron chi connectivity index (χ2n) is 5.15. The third kappa shape index (κ3) is 4.51. The Hall–Kier alpha value is -1.04. The van der Waals surface area contributed by atoms with Crippen LogP contribution in [0.25, 0.3) is 0 Å². The van der Waals surface area contributed by atoms with Crippen molar-refractivity contribution in [2.45, 2.75) is 19.4 Å². The highest BCUT2D eigenvalue weighted by Gasteiger charge is 2.12. The summed E-state index contributed by atoms with van der Waals surface area (Å²) < 4.78 is 31.7. The van der Waals surface area contributed by atoms with Crippen molar-refractivity contribution in [3.8, 4) is 0 Å². The summed E-state index contributed by atoms with van der Waals surface area (Å²) in [4.78, 5) is 2.37. The van der Waals surface area contributed by atoms with Gasteiger partial charge >= 0.3 is 0 Å². The molecule has 0 aromatic heterocycles. The Bertz CT molecular complexity index is 422. The van der Waals surface area contributed by atoms with E-state index >= 15 is 0 Å². The van der Waals surface area contributed by atoms with Crippen molar-refractivity contribution >= 4 is 0 Å². The van der Waals surface area contributed by atoms with Gasteiger partial charge in [-0.25, -0.2) is 8.78 Å². The summed E-state index contributed by atoms with van der Waals surface area (Å²) in [6, 6.07) is 3.62. The van der Waals surface area contributed by atoms with E-state index in [0.717, 1.165) is 51.9 Å². The van der Waals surface area contributed by atoms with Crippen molar-refractivity contribution in [2.75, 3.05) is 39.4 Å². The highest BCUT2D eigenvalue weighted by Crippen LogP contribution is 2.17. The van der Waals surface area contributed by atoms with Crippen LogP contribution in [0.3, 0.4) is 0 Å². The van der Waals surface area contributed by atoms with Crippen molar-refractivity contribution in [2.24, 2.45) is 0 Å². The molecule has 0 bridgehead atoms. The molecule has 0 spiro atoms. The molecule has 0 radical (unpaired) electrons. The summed E-state index contributed by atoms with van der Waals surface area (Å²) in [5, 5.41) is 3.28. The van der Waals surface area contributed by atoms with Crippen LogP contribution in [0.1, 0.15) is 24.9 Å². The molecule has 1 saturated heterocycles. The number of ether oxygens (including phenoxy) is 1. The van der Waals surface area contributed by atoms with Crippen molar-refractivity contribution in [3.63, 3.8) is 0 Å². The van der Waals surface area contributed by atoms with Crippen LogP contribution in [0.5, 0.6) is 0 Å². The zero-order valence-electron chi connectivity index (χ0n) is 11.9. The Balaban J connectivity index is 1.70. The van der Waals surface area contributed by atoms with Crippen LogP contribution in [0.2, 0.25) is 0 Å². The Kier molecular flexibility index (Phi) is 5.88. The number of morpholine rings is 1. The maximum absolute atomic E-state index is 13.6. The fourth-order valence-corrected chi connectivity index (χ4v) is 2.41. The van der Waals surface area contributed by atoms with E-state index in [1.54, 1.807) is 0 Å². The van der Waals surface area contributed by atoms with Crippen LogP contribution in [0.4, 0.5) is 8.78 Å². The smallest absolute Gasteiger partial charge is 0.130 e. The molecule has 1 unspecified atom stereocenters. The van der Waals surface area contributed by atoms with Gasteiger partial charge in [0.2, 0.25) is 0 Å². The summed E-state index contributed by atoms with van der Waals surface area (Å²) in [6.07, 6.45) is 1.01. The SMILES string of the molecule is CC(NCCCN1CCOCC1)c1ccc(F)cc1F. The van der Waals surface area contributed by atoms with E-state index in [1.807, 2.05) is 6.92 Å². The van der Waals surface area contributed by atoms with E-state index in [4.69, 9.17) is 4.74 Å². The lowest BCUT2D eigenvalue weighted by Crippen LogP contribution is -2.37. The van der Waals surface area contributed by atoms with Gasteiger partial charge in [-0.2, -0.15) is 0 Å². The molecule has 1 aromatic carbocycles. The van der Waals surface area contributed by atoms with Crippen LogP contribution in [-0.4, -0.2) is 44.3 Å². The Morgan fingerprint density at radius 3 is 2.75 bits per heavy atom. The molecule has 1 heterocycles. The minimum atomic E-state index is -0.536. The molecular formula is C15H22F2N2O. The molecule has 0 saturated carbocycles. The van der Waals surface area contributed by atoms with E-state index < -0.39 is 11.6 Å². The first kappa shape index (κ1) is 15.4. The van der Waals surface area contributed by atoms with E-state index in [-0.39, 0.29) is 6.04 Å². The number of benzene rings is 1. The maximum atomic E-state index is 13.6. The largest absolute Gasteiger partial charge is 0.379 e. The molecule has 112 valence electrons. The number of nitrogens with one attached hydrogen (secondary N) is 1. The average Bonchev–Trinajstić information content (AvgIpc) is 2.44. The molecule has 5 heteroatoms. The normalized spacial score (nSPS) is 18.1. The topological polar surface area (TPSA) is 24.5 Å². The van der Waals surface area contributed by atoms with Gasteiger partial charge in [-0.3, -0.25) is 4.90 Å². The van der Waals surface area contributed by atoms with Crippen molar-refractivity contribution in [1.29, 1.82) is 0 Å². The van der Waals surface area contributed by atoms with Crippen molar-refractivity contribution in [1.82, 2.24) is 10.2 Å². The molecule has 1 aliphatic rings. The predicted molar refractivity (Wildman–Crippen MR) is 74.7 cm³/mol. The third-order valence-corrected chi connectivity index (χ3v) is 3.63. The second kappa shape index (κ2) is 7.67. The van der Waals surface area contributed by atoms with E-state index in [9.17, 15) is 8.78 Å².